The predicted octanol–water partition coefficient (Wildman–Crippen LogP) is 4.46. The van der Waals surface area contributed by atoms with Crippen molar-refractivity contribution in [2.75, 3.05) is 10.0 Å². The Morgan fingerprint density at radius 2 is 1.84 bits per heavy atom. The number of hydrogen-bond acceptors (Lipinski definition) is 6. The number of hydrogen-bond donors (Lipinski definition) is 3. The fourth-order valence-corrected chi connectivity index (χ4v) is 5.25. The van der Waals surface area contributed by atoms with Crippen molar-refractivity contribution in [1.82, 2.24) is 15.2 Å². The predicted molar refractivity (Wildman–Crippen MR) is 123 cm³/mol. The van der Waals surface area contributed by atoms with Crippen LogP contribution in [0.25, 0.3) is 11.4 Å². The van der Waals surface area contributed by atoms with E-state index >= 15 is 0 Å². The summed E-state index contributed by atoms with van der Waals surface area (Å²) in [4.78, 5) is 17.2. The molecule has 0 aliphatic heterocycles. The van der Waals surface area contributed by atoms with Gasteiger partial charge in [-0.05, 0) is 60.7 Å². The summed E-state index contributed by atoms with van der Waals surface area (Å²) in [6.45, 7) is 0. The first-order valence-electron chi connectivity index (χ1n) is 9.98. The van der Waals surface area contributed by atoms with Gasteiger partial charge in [0.25, 0.3) is 15.9 Å². The average molecular weight is 466 g/mol. The number of aromatic nitrogens is 3. The average Bonchev–Trinajstić information content (AvgIpc) is 3.27. The molecule has 0 saturated heterocycles. The van der Waals surface area contributed by atoms with E-state index in [0.29, 0.717) is 28.7 Å². The molecule has 0 bridgehead atoms. The lowest BCUT2D eigenvalue weighted by Crippen LogP contribution is -2.13. The van der Waals surface area contributed by atoms with Crippen LogP contribution >= 0.6 is 11.3 Å². The van der Waals surface area contributed by atoms with Crippen molar-refractivity contribution >= 4 is 38.6 Å². The minimum Gasteiger partial charge on any atom is -0.322 e. The van der Waals surface area contributed by atoms with Gasteiger partial charge < -0.3 is 5.32 Å². The lowest BCUT2D eigenvalue weighted by Gasteiger charge is -2.09. The molecular weight excluding hydrogens is 446 g/mol. The monoisotopic (exact) mass is 465 g/mol. The summed E-state index contributed by atoms with van der Waals surface area (Å²) >= 11 is 1.14. The van der Waals surface area contributed by atoms with E-state index in [4.69, 9.17) is 0 Å². The summed E-state index contributed by atoms with van der Waals surface area (Å²) in [6.07, 6.45) is 2.28. The van der Waals surface area contributed by atoms with Gasteiger partial charge in [0, 0.05) is 28.4 Å². The maximum Gasteiger partial charge on any atom is 0.271 e. The normalized spacial score (nSPS) is 13.6. The third kappa shape index (κ3) is 4.41. The van der Waals surface area contributed by atoms with Crippen LogP contribution in [0.3, 0.4) is 0 Å². The Hall–Kier alpha value is -3.50. The minimum absolute atomic E-state index is 0.231. The van der Waals surface area contributed by atoms with Gasteiger partial charge in [0.1, 0.15) is 10.0 Å². The van der Waals surface area contributed by atoms with Gasteiger partial charge in [-0.3, -0.25) is 14.6 Å². The van der Waals surface area contributed by atoms with Crippen LogP contribution in [-0.4, -0.2) is 29.5 Å². The van der Waals surface area contributed by atoms with Crippen molar-refractivity contribution in [3.63, 3.8) is 0 Å². The van der Waals surface area contributed by atoms with E-state index in [-0.39, 0.29) is 10.1 Å². The van der Waals surface area contributed by atoms with Gasteiger partial charge in [-0.1, -0.05) is 18.2 Å². The first-order valence-corrected chi connectivity index (χ1v) is 12.3. The van der Waals surface area contributed by atoms with E-state index < -0.39 is 10.0 Å². The van der Waals surface area contributed by atoms with Crippen molar-refractivity contribution in [1.29, 1.82) is 0 Å². The fourth-order valence-electron chi connectivity index (χ4n) is 3.19. The number of aromatic amines is 1. The third-order valence-corrected chi connectivity index (χ3v) is 7.78. The van der Waals surface area contributed by atoms with Crippen LogP contribution in [0.1, 0.15) is 34.9 Å². The molecule has 2 aromatic heterocycles. The molecule has 1 fully saturated rings. The first-order chi connectivity index (χ1) is 15.5. The minimum atomic E-state index is -3.63. The third-order valence-electron chi connectivity index (χ3n) is 5.00. The molecule has 2 aromatic carbocycles. The standard InChI is InChI=1S/C22H19N5O3S2/c28-22(15-8-10-17(11-9-15)27-32(29,30)19-5-2-12-31-19)23-18-4-1-3-16(13-18)21-24-20(25-26-21)14-6-7-14/h1-5,8-14,27H,6-7H2,(H,23,28)(H,24,25,26). The molecule has 1 aliphatic carbocycles. The molecule has 0 atom stereocenters. The highest BCUT2D eigenvalue weighted by molar-refractivity contribution is 7.94. The SMILES string of the molecule is O=C(Nc1cccc(-c2n[nH]c(C3CC3)n2)c1)c1ccc(NS(=O)(=O)c2cccs2)cc1. The van der Waals surface area contributed by atoms with Crippen LogP contribution in [0.15, 0.2) is 70.3 Å². The second-order valence-electron chi connectivity index (χ2n) is 7.47. The molecule has 1 saturated carbocycles. The van der Waals surface area contributed by atoms with Crippen molar-refractivity contribution in [2.24, 2.45) is 0 Å². The van der Waals surface area contributed by atoms with Crippen molar-refractivity contribution in [3.05, 3.63) is 77.4 Å². The summed E-state index contributed by atoms with van der Waals surface area (Å²) < 4.78 is 27.4. The summed E-state index contributed by atoms with van der Waals surface area (Å²) in [5.41, 5.74) is 2.22. The zero-order valence-electron chi connectivity index (χ0n) is 16.8. The van der Waals surface area contributed by atoms with E-state index in [9.17, 15) is 13.2 Å². The van der Waals surface area contributed by atoms with Crippen LogP contribution in [0.5, 0.6) is 0 Å². The number of thiophene rings is 1. The van der Waals surface area contributed by atoms with Gasteiger partial charge in [-0.2, -0.15) is 5.10 Å². The van der Waals surface area contributed by atoms with Gasteiger partial charge in [0.15, 0.2) is 5.82 Å². The molecule has 0 radical (unpaired) electrons. The highest BCUT2D eigenvalue weighted by Gasteiger charge is 2.27. The molecule has 0 unspecified atom stereocenters. The van der Waals surface area contributed by atoms with Gasteiger partial charge in [0.05, 0.1) is 0 Å². The van der Waals surface area contributed by atoms with Crippen LogP contribution in [0, 0.1) is 0 Å². The van der Waals surface area contributed by atoms with E-state index in [1.54, 1.807) is 41.8 Å². The Labute approximate surface area is 188 Å². The van der Waals surface area contributed by atoms with Gasteiger partial charge in [-0.25, -0.2) is 13.4 Å². The zero-order chi connectivity index (χ0) is 22.1. The molecular formula is C22H19N5O3S2. The van der Waals surface area contributed by atoms with Gasteiger partial charge in [-0.15, -0.1) is 11.3 Å². The Balaban J connectivity index is 1.27. The number of sulfonamides is 1. The molecule has 0 spiro atoms. The molecule has 1 aliphatic rings. The highest BCUT2D eigenvalue weighted by atomic mass is 32.2. The molecule has 5 rings (SSSR count). The highest BCUT2D eigenvalue weighted by Crippen LogP contribution is 2.38. The van der Waals surface area contributed by atoms with Crippen LogP contribution in [0.4, 0.5) is 11.4 Å². The summed E-state index contributed by atoms with van der Waals surface area (Å²) in [5, 5.41) is 11.8. The number of carbonyl (C=O) groups excluding carboxylic acids is 1. The smallest absolute Gasteiger partial charge is 0.271 e. The zero-order valence-corrected chi connectivity index (χ0v) is 18.4. The molecule has 10 heteroatoms. The number of H-pyrrole nitrogens is 1. The Morgan fingerprint density at radius 3 is 2.56 bits per heavy atom. The molecule has 2 heterocycles. The lowest BCUT2D eigenvalue weighted by atomic mass is 10.1. The van der Waals surface area contributed by atoms with E-state index in [0.717, 1.165) is 35.6 Å². The second kappa shape index (κ2) is 8.21. The largest absolute Gasteiger partial charge is 0.322 e. The van der Waals surface area contributed by atoms with E-state index in [1.165, 1.54) is 6.07 Å². The van der Waals surface area contributed by atoms with Crippen LogP contribution in [0.2, 0.25) is 0 Å². The van der Waals surface area contributed by atoms with E-state index in [1.807, 2.05) is 18.2 Å². The molecule has 32 heavy (non-hydrogen) atoms. The summed E-state index contributed by atoms with van der Waals surface area (Å²) in [7, 11) is -3.63. The summed E-state index contributed by atoms with van der Waals surface area (Å²) in [5.74, 6) is 1.69. The van der Waals surface area contributed by atoms with E-state index in [2.05, 4.69) is 25.2 Å². The number of nitrogens with one attached hydrogen (secondary N) is 3. The number of anilines is 2. The summed E-state index contributed by atoms with van der Waals surface area (Å²) in [6, 6.07) is 16.8. The maximum absolute atomic E-state index is 12.7. The topological polar surface area (TPSA) is 117 Å². The number of nitrogens with zero attached hydrogens (tertiary/aromatic N) is 2. The quantitative estimate of drug-likeness (QED) is 0.372. The lowest BCUT2D eigenvalue weighted by molar-refractivity contribution is 0.102. The van der Waals surface area contributed by atoms with Crippen LogP contribution < -0.4 is 10.0 Å². The fraction of sp³-hybridized carbons (Fsp3) is 0.136. The van der Waals surface area contributed by atoms with Gasteiger partial charge >= 0.3 is 0 Å². The number of rotatable bonds is 7. The molecule has 162 valence electrons. The molecule has 3 N–H and O–H groups in total. The Kier molecular flexibility index (Phi) is 5.24. The van der Waals surface area contributed by atoms with Crippen LogP contribution in [-0.2, 0) is 10.0 Å². The van der Waals surface area contributed by atoms with Gasteiger partial charge in [0.2, 0.25) is 0 Å². The maximum atomic E-state index is 12.7. The second-order valence-corrected chi connectivity index (χ2v) is 10.3. The molecule has 8 nitrogen and oxygen atoms in total. The number of amides is 1. The number of benzene rings is 2. The first kappa shape index (κ1) is 20.4. The van der Waals surface area contributed by atoms with Crippen molar-refractivity contribution in [2.45, 2.75) is 23.0 Å². The van der Waals surface area contributed by atoms with Crippen molar-refractivity contribution < 1.29 is 13.2 Å². The Bertz CT molecular complexity index is 1360. The molecule has 1 amide bonds. The Morgan fingerprint density at radius 1 is 1.03 bits per heavy atom. The van der Waals surface area contributed by atoms with Crippen molar-refractivity contribution in [3.8, 4) is 11.4 Å². The molecule has 4 aromatic rings. The number of carbonyl (C=O) groups is 1.